The third-order valence-electron chi connectivity index (χ3n) is 4.31. The average molecular weight is 392 g/mol. The molecule has 27 heavy (non-hydrogen) atoms. The van der Waals surface area contributed by atoms with Crippen molar-refractivity contribution >= 4 is 22.0 Å². The first-order valence-electron chi connectivity index (χ1n) is 7.87. The molecule has 1 heterocycles. The molecule has 1 aromatic carbocycles. The van der Waals surface area contributed by atoms with Crippen LogP contribution in [0.3, 0.4) is 0 Å². The molecule has 0 amide bonds. The predicted molar refractivity (Wildman–Crippen MR) is 96.3 cm³/mol. The van der Waals surface area contributed by atoms with Crippen LogP contribution in [0.5, 0.6) is 0 Å². The minimum Gasteiger partial charge on any atom is -0.467 e. The van der Waals surface area contributed by atoms with Gasteiger partial charge in [-0.1, -0.05) is 18.2 Å². The van der Waals surface area contributed by atoms with Crippen LogP contribution < -0.4 is 0 Å². The van der Waals surface area contributed by atoms with Gasteiger partial charge in [0.15, 0.2) is 5.54 Å². The predicted octanol–water partition coefficient (Wildman–Crippen LogP) is 1.58. The lowest BCUT2D eigenvalue weighted by Gasteiger charge is -2.34. The molecule has 0 N–H and O–H groups in total. The SMILES string of the molecule is COC(=O)c1ccccc1S(=O)(=O)N(C)C(C)(C(=O)OC)c1ccccn1. The maximum absolute atomic E-state index is 13.3. The Balaban J connectivity index is 2.68. The molecule has 0 spiro atoms. The number of carbonyl (C=O) groups excluding carboxylic acids is 2. The van der Waals surface area contributed by atoms with Crippen molar-refractivity contribution in [2.75, 3.05) is 21.3 Å². The van der Waals surface area contributed by atoms with E-state index in [0.717, 1.165) is 18.5 Å². The zero-order valence-corrected chi connectivity index (χ0v) is 16.2. The van der Waals surface area contributed by atoms with Gasteiger partial charge in [0.2, 0.25) is 10.0 Å². The number of likely N-dealkylation sites (N-methyl/N-ethyl adjacent to an activating group) is 1. The number of sulfonamides is 1. The summed E-state index contributed by atoms with van der Waals surface area (Å²) in [4.78, 5) is 28.4. The van der Waals surface area contributed by atoms with Gasteiger partial charge in [-0.2, -0.15) is 4.31 Å². The molecule has 0 aliphatic heterocycles. The molecule has 1 atom stereocenters. The summed E-state index contributed by atoms with van der Waals surface area (Å²) in [5, 5.41) is 0. The molecular weight excluding hydrogens is 372 g/mol. The van der Waals surface area contributed by atoms with Gasteiger partial charge in [0, 0.05) is 13.2 Å². The van der Waals surface area contributed by atoms with Crippen molar-refractivity contribution in [3.63, 3.8) is 0 Å². The fourth-order valence-corrected chi connectivity index (χ4v) is 4.23. The monoisotopic (exact) mass is 392 g/mol. The first-order chi connectivity index (χ1) is 12.7. The van der Waals surface area contributed by atoms with E-state index in [1.807, 2.05) is 0 Å². The lowest BCUT2D eigenvalue weighted by molar-refractivity contribution is -0.151. The van der Waals surface area contributed by atoms with Gasteiger partial charge in [-0.15, -0.1) is 0 Å². The quantitative estimate of drug-likeness (QED) is 0.688. The molecule has 144 valence electrons. The molecule has 8 nitrogen and oxygen atoms in total. The first kappa shape index (κ1) is 20.5. The summed E-state index contributed by atoms with van der Waals surface area (Å²) in [6.07, 6.45) is 1.44. The van der Waals surface area contributed by atoms with Crippen LogP contribution in [-0.2, 0) is 29.8 Å². The van der Waals surface area contributed by atoms with E-state index in [2.05, 4.69) is 9.72 Å². The second-order valence-electron chi connectivity index (χ2n) is 5.74. The average Bonchev–Trinajstić information content (AvgIpc) is 2.71. The Kier molecular flexibility index (Phi) is 5.97. The highest BCUT2D eigenvalue weighted by Crippen LogP contribution is 2.33. The van der Waals surface area contributed by atoms with Gasteiger partial charge in [0.1, 0.15) is 0 Å². The van der Waals surface area contributed by atoms with E-state index < -0.39 is 27.5 Å². The van der Waals surface area contributed by atoms with Crippen LogP contribution in [-0.4, -0.2) is 50.9 Å². The molecular formula is C18H20N2O6S. The Morgan fingerprint density at radius 2 is 1.67 bits per heavy atom. The molecule has 0 radical (unpaired) electrons. The topological polar surface area (TPSA) is 103 Å². The minimum absolute atomic E-state index is 0.139. The Bertz CT molecular complexity index is 945. The van der Waals surface area contributed by atoms with Crippen LogP contribution in [0.4, 0.5) is 0 Å². The van der Waals surface area contributed by atoms with Crippen molar-refractivity contribution < 1.29 is 27.5 Å². The Morgan fingerprint density at radius 3 is 2.22 bits per heavy atom. The van der Waals surface area contributed by atoms with Gasteiger partial charge in [-0.3, -0.25) is 4.98 Å². The van der Waals surface area contributed by atoms with Crippen molar-refractivity contribution in [2.24, 2.45) is 0 Å². The van der Waals surface area contributed by atoms with Crippen LogP contribution in [0.15, 0.2) is 53.6 Å². The molecule has 2 aromatic rings. The lowest BCUT2D eigenvalue weighted by Crippen LogP contribution is -2.51. The van der Waals surface area contributed by atoms with E-state index >= 15 is 0 Å². The number of methoxy groups -OCH3 is 2. The minimum atomic E-state index is -4.29. The van der Waals surface area contributed by atoms with E-state index in [4.69, 9.17) is 4.74 Å². The summed E-state index contributed by atoms with van der Waals surface area (Å²) in [6.45, 7) is 1.39. The largest absolute Gasteiger partial charge is 0.467 e. The van der Waals surface area contributed by atoms with E-state index in [9.17, 15) is 18.0 Å². The van der Waals surface area contributed by atoms with Crippen molar-refractivity contribution in [1.82, 2.24) is 9.29 Å². The summed E-state index contributed by atoms with van der Waals surface area (Å²) in [5.41, 5.74) is -1.71. The zero-order chi connectivity index (χ0) is 20.2. The van der Waals surface area contributed by atoms with Gasteiger partial charge >= 0.3 is 11.9 Å². The number of hydrogen-bond acceptors (Lipinski definition) is 7. The highest BCUT2D eigenvalue weighted by molar-refractivity contribution is 7.89. The summed E-state index contributed by atoms with van der Waals surface area (Å²) >= 11 is 0. The summed E-state index contributed by atoms with van der Waals surface area (Å²) < 4.78 is 36.9. The Labute approximate surface area is 157 Å². The van der Waals surface area contributed by atoms with Gasteiger partial charge in [0.25, 0.3) is 0 Å². The highest BCUT2D eigenvalue weighted by atomic mass is 32.2. The molecule has 0 aliphatic carbocycles. The molecule has 0 saturated carbocycles. The third kappa shape index (κ3) is 3.56. The lowest BCUT2D eigenvalue weighted by atomic mass is 9.97. The molecule has 1 unspecified atom stereocenters. The Morgan fingerprint density at radius 1 is 1.04 bits per heavy atom. The smallest absolute Gasteiger partial charge is 0.339 e. The summed E-state index contributed by atoms with van der Waals surface area (Å²) in [7, 11) is -0.749. The number of nitrogens with zero attached hydrogens (tertiary/aromatic N) is 2. The van der Waals surface area contributed by atoms with Crippen LogP contribution in [0.1, 0.15) is 23.0 Å². The van der Waals surface area contributed by atoms with Gasteiger partial charge in [0.05, 0.1) is 30.4 Å². The highest BCUT2D eigenvalue weighted by Gasteiger charge is 2.48. The summed E-state index contributed by atoms with van der Waals surface area (Å²) in [5.74, 6) is -1.62. The molecule has 0 fully saturated rings. The standard InChI is InChI=1S/C18H20N2O6S/c1-18(17(22)26-4,15-11-7-8-12-19-15)20(2)27(23,24)14-10-6-5-9-13(14)16(21)25-3/h5-12H,1-4H3. The normalized spacial score (nSPS) is 13.7. The van der Waals surface area contributed by atoms with Crippen LogP contribution in [0.2, 0.25) is 0 Å². The number of benzene rings is 1. The maximum Gasteiger partial charge on any atom is 0.339 e. The fraction of sp³-hybridized carbons (Fsp3) is 0.278. The maximum atomic E-state index is 13.3. The van der Waals surface area contributed by atoms with Crippen molar-refractivity contribution in [3.05, 3.63) is 59.9 Å². The van der Waals surface area contributed by atoms with Gasteiger partial charge in [-0.05, 0) is 31.2 Å². The van der Waals surface area contributed by atoms with Crippen molar-refractivity contribution in [3.8, 4) is 0 Å². The van der Waals surface area contributed by atoms with Crippen LogP contribution in [0.25, 0.3) is 0 Å². The second-order valence-corrected chi connectivity index (χ2v) is 7.68. The number of pyridine rings is 1. The van der Waals surface area contributed by atoms with Crippen LogP contribution in [0, 0.1) is 0 Å². The molecule has 0 bridgehead atoms. The van der Waals surface area contributed by atoms with Gasteiger partial charge < -0.3 is 9.47 Å². The van der Waals surface area contributed by atoms with E-state index in [0.29, 0.717) is 0 Å². The first-order valence-corrected chi connectivity index (χ1v) is 9.31. The van der Waals surface area contributed by atoms with Crippen LogP contribution >= 0.6 is 0 Å². The molecule has 9 heteroatoms. The Hall–Kier alpha value is -2.78. The van der Waals surface area contributed by atoms with E-state index in [-0.39, 0.29) is 16.2 Å². The molecule has 2 rings (SSSR count). The van der Waals surface area contributed by atoms with Crippen molar-refractivity contribution in [1.29, 1.82) is 0 Å². The number of hydrogen-bond donors (Lipinski definition) is 0. The summed E-state index contributed by atoms with van der Waals surface area (Å²) in [6, 6.07) is 10.4. The van der Waals surface area contributed by atoms with E-state index in [1.54, 1.807) is 12.1 Å². The number of ether oxygens (including phenoxy) is 2. The fourth-order valence-electron chi connectivity index (χ4n) is 2.60. The zero-order valence-electron chi connectivity index (χ0n) is 15.4. The number of carbonyl (C=O) groups is 2. The molecule has 0 saturated heterocycles. The second kappa shape index (κ2) is 7.85. The van der Waals surface area contributed by atoms with Gasteiger partial charge in [-0.25, -0.2) is 18.0 Å². The number of esters is 2. The number of aromatic nitrogens is 1. The van der Waals surface area contributed by atoms with Crippen molar-refractivity contribution in [2.45, 2.75) is 17.4 Å². The number of rotatable bonds is 6. The molecule has 0 aliphatic rings. The van der Waals surface area contributed by atoms with E-state index in [1.165, 1.54) is 50.5 Å². The third-order valence-corrected chi connectivity index (χ3v) is 6.31. The molecule has 1 aromatic heterocycles.